The highest BCUT2D eigenvalue weighted by Crippen LogP contribution is 2.25. The first-order valence-corrected chi connectivity index (χ1v) is 5.65. The van der Waals surface area contributed by atoms with E-state index in [0.29, 0.717) is 10.6 Å². The summed E-state index contributed by atoms with van der Waals surface area (Å²) in [6, 6.07) is 5.42. The molecule has 0 aliphatic carbocycles. The van der Waals surface area contributed by atoms with E-state index in [0.717, 1.165) is 16.5 Å². The van der Waals surface area contributed by atoms with E-state index in [9.17, 15) is 4.79 Å². The Labute approximate surface area is 105 Å². The van der Waals surface area contributed by atoms with Crippen LogP contribution in [0.5, 0.6) is 0 Å². The Morgan fingerprint density at radius 2 is 2.06 bits per heavy atom. The molecular weight excluding hydrogens is 236 g/mol. The molecule has 0 bridgehead atoms. The minimum absolute atomic E-state index is 0.0238. The van der Waals surface area contributed by atoms with Crippen molar-refractivity contribution in [2.45, 2.75) is 6.92 Å². The molecule has 1 heterocycles. The first-order valence-electron chi connectivity index (χ1n) is 5.27. The summed E-state index contributed by atoms with van der Waals surface area (Å²) < 4.78 is 0. The van der Waals surface area contributed by atoms with Gasteiger partial charge < -0.3 is 4.90 Å². The van der Waals surface area contributed by atoms with E-state index in [1.165, 1.54) is 0 Å². The van der Waals surface area contributed by atoms with Gasteiger partial charge in [-0.15, -0.1) is 0 Å². The van der Waals surface area contributed by atoms with Gasteiger partial charge in [0.25, 0.3) is 5.91 Å². The third-order valence-corrected chi connectivity index (χ3v) is 3.00. The molecule has 2 aromatic rings. The summed E-state index contributed by atoms with van der Waals surface area (Å²) in [6.45, 7) is 1.90. The maximum absolute atomic E-state index is 12.0. The highest BCUT2D eigenvalue weighted by Gasteiger charge is 2.13. The maximum atomic E-state index is 12.0. The van der Waals surface area contributed by atoms with Crippen LogP contribution in [0, 0.1) is 6.92 Å². The average Bonchev–Trinajstić information content (AvgIpc) is 2.27. The normalized spacial score (nSPS) is 10.6. The van der Waals surface area contributed by atoms with Gasteiger partial charge in [0, 0.05) is 31.2 Å². The van der Waals surface area contributed by atoms with Crippen molar-refractivity contribution in [1.29, 1.82) is 0 Å². The summed E-state index contributed by atoms with van der Waals surface area (Å²) in [5.74, 6) is -0.0238. The second-order valence-corrected chi connectivity index (χ2v) is 4.58. The number of carbonyl (C=O) groups is 1. The summed E-state index contributed by atoms with van der Waals surface area (Å²) in [7, 11) is 3.47. The third-order valence-electron chi connectivity index (χ3n) is 2.67. The van der Waals surface area contributed by atoms with E-state index < -0.39 is 0 Å². The monoisotopic (exact) mass is 248 g/mol. The van der Waals surface area contributed by atoms with Crippen LogP contribution >= 0.6 is 11.6 Å². The van der Waals surface area contributed by atoms with Gasteiger partial charge in [-0.25, -0.2) is 0 Å². The zero-order valence-corrected chi connectivity index (χ0v) is 10.7. The van der Waals surface area contributed by atoms with Crippen molar-refractivity contribution in [2.75, 3.05) is 14.1 Å². The van der Waals surface area contributed by atoms with Crippen LogP contribution in [-0.4, -0.2) is 29.9 Å². The van der Waals surface area contributed by atoms with Gasteiger partial charge in [-0.2, -0.15) is 0 Å². The lowest BCUT2D eigenvalue weighted by Crippen LogP contribution is -2.22. The van der Waals surface area contributed by atoms with Crippen LogP contribution in [0.1, 0.15) is 15.9 Å². The number of benzene rings is 1. The molecule has 0 radical (unpaired) electrons. The van der Waals surface area contributed by atoms with Gasteiger partial charge in [0.15, 0.2) is 0 Å². The van der Waals surface area contributed by atoms with Gasteiger partial charge in [-0.05, 0) is 30.7 Å². The molecule has 3 nitrogen and oxygen atoms in total. The lowest BCUT2D eigenvalue weighted by atomic mass is 10.0. The molecule has 0 saturated carbocycles. The molecule has 1 amide bonds. The summed E-state index contributed by atoms with van der Waals surface area (Å²) in [5, 5.41) is 1.42. The van der Waals surface area contributed by atoms with Crippen LogP contribution in [0.4, 0.5) is 0 Å². The van der Waals surface area contributed by atoms with E-state index in [2.05, 4.69) is 4.98 Å². The van der Waals surface area contributed by atoms with Crippen LogP contribution in [0.25, 0.3) is 10.9 Å². The van der Waals surface area contributed by atoms with Gasteiger partial charge >= 0.3 is 0 Å². The summed E-state index contributed by atoms with van der Waals surface area (Å²) in [6.07, 6.45) is 1.66. The standard InChI is InChI=1S/C13H13ClN2O/c1-8-6-12-10(11(14)4-5-15-12)7-9(8)13(17)16(2)3/h4-7H,1-3H3. The number of amides is 1. The second-order valence-electron chi connectivity index (χ2n) is 4.18. The van der Waals surface area contributed by atoms with Crippen LogP contribution < -0.4 is 0 Å². The molecule has 0 aliphatic heterocycles. The molecule has 0 unspecified atom stereocenters. The fourth-order valence-electron chi connectivity index (χ4n) is 1.73. The number of hydrogen-bond acceptors (Lipinski definition) is 2. The minimum Gasteiger partial charge on any atom is -0.345 e. The smallest absolute Gasteiger partial charge is 0.253 e. The maximum Gasteiger partial charge on any atom is 0.253 e. The number of carbonyl (C=O) groups excluding carboxylic acids is 1. The van der Waals surface area contributed by atoms with E-state index in [-0.39, 0.29) is 5.91 Å². The largest absolute Gasteiger partial charge is 0.345 e. The highest BCUT2D eigenvalue weighted by atomic mass is 35.5. The fraction of sp³-hybridized carbons (Fsp3) is 0.231. The zero-order valence-electron chi connectivity index (χ0n) is 9.99. The molecule has 0 spiro atoms. The molecule has 1 aromatic carbocycles. The van der Waals surface area contributed by atoms with Gasteiger partial charge in [-0.3, -0.25) is 9.78 Å². The summed E-state index contributed by atoms with van der Waals surface area (Å²) >= 11 is 6.10. The van der Waals surface area contributed by atoms with E-state index >= 15 is 0 Å². The molecular formula is C13H13ClN2O. The Morgan fingerprint density at radius 1 is 1.35 bits per heavy atom. The molecule has 0 saturated heterocycles. The van der Waals surface area contributed by atoms with Gasteiger partial charge in [0.1, 0.15) is 0 Å². The molecule has 0 atom stereocenters. The molecule has 4 heteroatoms. The molecule has 1 aromatic heterocycles. The Kier molecular flexibility index (Phi) is 3.03. The number of rotatable bonds is 1. The highest BCUT2D eigenvalue weighted by molar-refractivity contribution is 6.35. The SMILES string of the molecule is Cc1cc2nccc(Cl)c2cc1C(=O)N(C)C. The minimum atomic E-state index is -0.0238. The van der Waals surface area contributed by atoms with E-state index in [4.69, 9.17) is 11.6 Å². The number of aromatic nitrogens is 1. The van der Waals surface area contributed by atoms with Gasteiger partial charge in [0.05, 0.1) is 10.5 Å². The molecule has 88 valence electrons. The van der Waals surface area contributed by atoms with Gasteiger partial charge in [0.2, 0.25) is 0 Å². The van der Waals surface area contributed by atoms with Crippen LogP contribution in [0.3, 0.4) is 0 Å². The first-order chi connectivity index (χ1) is 8.00. The predicted octanol–water partition coefficient (Wildman–Crippen LogP) is 2.90. The van der Waals surface area contributed by atoms with Gasteiger partial charge in [-0.1, -0.05) is 11.6 Å². The zero-order chi connectivity index (χ0) is 12.6. The van der Waals surface area contributed by atoms with Crippen molar-refractivity contribution in [3.63, 3.8) is 0 Å². The van der Waals surface area contributed by atoms with Crippen molar-refractivity contribution >= 4 is 28.4 Å². The summed E-state index contributed by atoms with van der Waals surface area (Å²) in [5.41, 5.74) is 2.38. The Morgan fingerprint density at radius 3 is 2.71 bits per heavy atom. The fourth-order valence-corrected chi connectivity index (χ4v) is 1.94. The van der Waals surface area contributed by atoms with E-state index in [1.807, 2.05) is 19.1 Å². The lowest BCUT2D eigenvalue weighted by molar-refractivity contribution is 0.0827. The molecule has 2 rings (SSSR count). The quantitative estimate of drug-likeness (QED) is 0.778. The average molecular weight is 249 g/mol. The second kappa shape index (κ2) is 4.34. The number of pyridine rings is 1. The van der Waals surface area contributed by atoms with Crippen molar-refractivity contribution in [2.24, 2.45) is 0 Å². The van der Waals surface area contributed by atoms with Crippen molar-refractivity contribution < 1.29 is 4.79 Å². The first kappa shape index (κ1) is 11.9. The van der Waals surface area contributed by atoms with Crippen LogP contribution in [0.2, 0.25) is 5.02 Å². The predicted molar refractivity (Wildman–Crippen MR) is 69.5 cm³/mol. The number of aryl methyl sites for hydroxylation is 1. The van der Waals surface area contributed by atoms with Crippen molar-refractivity contribution in [3.05, 3.63) is 40.5 Å². The third kappa shape index (κ3) is 2.11. The van der Waals surface area contributed by atoms with Crippen LogP contribution in [-0.2, 0) is 0 Å². The molecule has 0 fully saturated rings. The Balaban J connectivity index is 2.70. The topological polar surface area (TPSA) is 33.2 Å². The Hall–Kier alpha value is -1.61. The van der Waals surface area contributed by atoms with Crippen molar-refractivity contribution in [3.8, 4) is 0 Å². The number of hydrogen-bond donors (Lipinski definition) is 0. The number of nitrogens with zero attached hydrogens (tertiary/aromatic N) is 2. The van der Waals surface area contributed by atoms with Crippen molar-refractivity contribution in [1.82, 2.24) is 9.88 Å². The summed E-state index contributed by atoms with van der Waals surface area (Å²) in [4.78, 5) is 17.8. The Bertz CT molecular complexity index is 593. The molecule has 0 aliphatic rings. The molecule has 17 heavy (non-hydrogen) atoms. The molecule has 0 N–H and O–H groups in total. The lowest BCUT2D eigenvalue weighted by Gasteiger charge is -2.13. The van der Waals surface area contributed by atoms with E-state index in [1.54, 1.807) is 31.3 Å². The number of fused-ring (bicyclic) bond motifs is 1. The van der Waals surface area contributed by atoms with Crippen LogP contribution in [0.15, 0.2) is 24.4 Å². The number of halogens is 1.